The molecule has 0 amide bonds. The third-order valence-corrected chi connectivity index (χ3v) is 3.97. The van der Waals surface area contributed by atoms with Crippen LogP contribution in [0.1, 0.15) is 25.5 Å². The van der Waals surface area contributed by atoms with Gasteiger partial charge in [0.1, 0.15) is 17.7 Å². The topological polar surface area (TPSA) is 54.4 Å². The van der Waals surface area contributed by atoms with Crippen LogP contribution in [0, 0.1) is 0 Å². The molecule has 140 valence electrons. The van der Waals surface area contributed by atoms with Gasteiger partial charge in [-0.15, -0.1) is 6.58 Å². The van der Waals surface area contributed by atoms with Gasteiger partial charge in [-0.05, 0) is 48.9 Å². The Morgan fingerprint density at radius 1 is 1.19 bits per heavy atom. The van der Waals surface area contributed by atoms with Crippen molar-refractivity contribution in [2.75, 3.05) is 5.32 Å². The summed E-state index contributed by atoms with van der Waals surface area (Å²) in [5, 5.41) is 13.5. The van der Waals surface area contributed by atoms with Gasteiger partial charge in [-0.25, -0.2) is 0 Å². The highest BCUT2D eigenvalue weighted by atomic mass is 16.5. The second-order valence-electron chi connectivity index (χ2n) is 6.15. The lowest BCUT2D eigenvalue weighted by molar-refractivity contribution is 0.239. The number of aromatic nitrogens is 1. The monoisotopic (exact) mass is 362 g/mol. The maximum Gasteiger partial charge on any atom is 0.146 e. The molecule has 0 aliphatic rings. The van der Waals surface area contributed by atoms with Crippen LogP contribution in [0.15, 0.2) is 97.5 Å². The van der Waals surface area contributed by atoms with Gasteiger partial charge in [-0.3, -0.25) is 4.98 Å². The van der Waals surface area contributed by atoms with Crippen LogP contribution >= 0.6 is 0 Å². The molecule has 0 spiro atoms. The maximum atomic E-state index is 10.4. The van der Waals surface area contributed by atoms with Gasteiger partial charge >= 0.3 is 0 Å². The molecule has 2 aromatic rings. The number of pyridine rings is 1. The quantitative estimate of drug-likeness (QED) is 0.279. The number of hydrogen-bond donors (Lipinski definition) is 2. The van der Waals surface area contributed by atoms with Crippen LogP contribution in [-0.4, -0.2) is 16.3 Å². The van der Waals surface area contributed by atoms with Crippen molar-refractivity contribution in [1.29, 1.82) is 0 Å². The molecule has 1 aromatic heterocycles. The third kappa shape index (κ3) is 6.28. The predicted octanol–water partition coefficient (Wildman–Crippen LogP) is 5.20. The van der Waals surface area contributed by atoms with Crippen molar-refractivity contribution in [2.45, 2.75) is 26.0 Å². The summed E-state index contributed by atoms with van der Waals surface area (Å²) in [7, 11) is 0. The van der Waals surface area contributed by atoms with Gasteiger partial charge in [-0.1, -0.05) is 43.9 Å². The summed E-state index contributed by atoms with van der Waals surface area (Å²) in [6, 6.07) is 13.3. The van der Waals surface area contributed by atoms with Crippen LogP contribution in [0.5, 0.6) is 5.75 Å². The molecule has 0 aliphatic carbocycles. The Morgan fingerprint density at radius 3 is 2.52 bits per heavy atom. The Bertz CT molecular complexity index is 808. The zero-order chi connectivity index (χ0) is 19.6. The number of hydrogen-bond acceptors (Lipinski definition) is 4. The molecule has 2 atom stereocenters. The molecule has 0 bridgehead atoms. The zero-order valence-electron chi connectivity index (χ0n) is 15.8. The van der Waals surface area contributed by atoms with Crippen LogP contribution in [0.4, 0.5) is 5.69 Å². The van der Waals surface area contributed by atoms with Crippen LogP contribution < -0.4 is 10.1 Å². The molecule has 0 saturated heterocycles. The van der Waals surface area contributed by atoms with E-state index in [0.29, 0.717) is 17.1 Å². The summed E-state index contributed by atoms with van der Waals surface area (Å²) in [6.07, 6.45) is 7.83. The lowest BCUT2D eigenvalue weighted by Gasteiger charge is -2.16. The lowest BCUT2D eigenvalue weighted by atomic mass is 10.1. The second-order valence-corrected chi connectivity index (χ2v) is 6.15. The minimum atomic E-state index is -0.873. The molecule has 0 aliphatic heterocycles. The van der Waals surface area contributed by atoms with Gasteiger partial charge in [0.05, 0.1) is 11.9 Å². The molecule has 1 heterocycles. The first-order chi connectivity index (χ1) is 13.0. The number of aliphatic hydroxyl groups is 1. The summed E-state index contributed by atoms with van der Waals surface area (Å²) in [4.78, 5) is 4.39. The summed E-state index contributed by atoms with van der Waals surface area (Å²) < 4.78 is 5.83. The number of para-hydroxylation sites is 1. The van der Waals surface area contributed by atoms with Crippen LogP contribution in [0.2, 0.25) is 0 Å². The first-order valence-corrected chi connectivity index (χ1v) is 8.80. The van der Waals surface area contributed by atoms with Crippen LogP contribution in [0.3, 0.4) is 0 Å². The van der Waals surface area contributed by atoms with Crippen LogP contribution in [-0.2, 0) is 0 Å². The summed E-state index contributed by atoms with van der Waals surface area (Å²) in [6.45, 7) is 11.3. The number of benzene rings is 1. The number of allylic oxidation sites excluding steroid dienone is 4. The van der Waals surface area contributed by atoms with E-state index in [1.165, 1.54) is 0 Å². The van der Waals surface area contributed by atoms with Crippen molar-refractivity contribution in [3.8, 4) is 5.75 Å². The average molecular weight is 362 g/mol. The molecular weight excluding hydrogens is 336 g/mol. The average Bonchev–Trinajstić information content (AvgIpc) is 2.68. The van der Waals surface area contributed by atoms with E-state index in [9.17, 15) is 5.11 Å². The lowest BCUT2D eigenvalue weighted by Crippen LogP contribution is -2.20. The zero-order valence-corrected chi connectivity index (χ0v) is 15.8. The third-order valence-electron chi connectivity index (χ3n) is 3.97. The SMILES string of the molecule is C=C/C=C(\C=C(/C)C(O)Nc1ccc(C(C)C=C)nc1)Oc1ccccc1. The minimum Gasteiger partial charge on any atom is -0.457 e. The normalized spacial score (nSPS) is 14.2. The largest absolute Gasteiger partial charge is 0.457 e. The number of nitrogens with one attached hydrogen (secondary N) is 1. The van der Waals surface area contributed by atoms with Gasteiger partial charge in [0.25, 0.3) is 0 Å². The van der Waals surface area contributed by atoms with E-state index in [1.807, 2.05) is 62.4 Å². The maximum absolute atomic E-state index is 10.4. The second kappa shape index (κ2) is 10.1. The van der Waals surface area contributed by atoms with Crippen LogP contribution in [0.25, 0.3) is 0 Å². The van der Waals surface area contributed by atoms with Gasteiger partial charge in [0, 0.05) is 11.6 Å². The summed E-state index contributed by atoms with van der Waals surface area (Å²) >= 11 is 0. The number of ether oxygens (including phenoxy) is 1. The highest BCUT2D eigenvalue weighted by molar-refractivity contribution is 5.44. The fourth-order valence-corrected chi connectivity index (χ4v) is 2.31. The Labute approximate surface area is 161 Å². The molecule has 2 unspecified atom stereocenters. The van der Waals surface area contributed by atoms with Gasteiger partial charge in [0.2, 0.25) is 0 Å². The number of nitrogens with zero attached hydrogens (tertiary/aromatic N) is 1. The van der Waals surface area contributed by atoms with Crippen molar-refractivity contribution in [3.05, 3.63) is 103 Å². The molecule has 0 radical (unpaired) electrons. The van der Waals surface area contributed by atoms with Gasteiger partial charge in [-0.2, -0.15) is 0 Å². The molecule has 2 N–H and O–H groups in total. The van der Waals surface area contributed by atoms with E-state index < -0.39 is 6.23 Å². The van der Waals surface area contributed by atoms with Gasteiger partial charge < -0.3 is 15.2 Å². The minimum absolute atomic E-state index is 0.187. The standard InChI is InChI=1S/C23H26N2O2/c1-5-10-21(27-20-11-8-7-9-12-20)15-18(4)23(26)25-19-13-14-22(24-16-19)17(3)6-2/h5-17,23,25-26H,1-2H2,3-4H3/b18-15+,21-10+. The fraction of sp³-hybridized carbons (Fsp3) is 0.174. The molecule has 1 aromatic carbocycles. The number of rotatable bonds is 9. The summed E-state index contributed by atoms with van der Waals surface area (Å²) in [5.74, 6) is 1.49. The van der Waals surface area contributed by atoms with E-state index in [2.05, 4.69) is 23.5 Å². The fourth-order valence-electron chi connectivity index (χ4n) is 2.31. The Kier molecular flexibility index (Phi) is 7.59. The summed E-state index contributed by atoms with van der Waals surface area (Å²) in [5.41, 5.74) is 2.36. The Hall–Kier alpha value is -3.11. The highest BCUT2D eigenvalue weighted by Crippen LogP contribution is 2.18. The molecular formula is C23H26N2O2. The number of aliphatic hydroxyl groups excluding tert-OH is 1. The van der Waals surface area contributed by atoms with Crippen molar-refractivity contribution < 1.29 is 9.84 Å². The molecule has 0 fully saturated rings. The van der Waals surface area contributed by atoms with Gasteiger partial charge in [0.15, 0.2) is 0 Å². The van der Waals surface area contributed by atoms with Crippen molar-refractivity contribution in [2.24, 2.45) is 0 Å². The molecule has 4 nitrogen and oxygen atoms in total. The molecule has 2 rings (SSSR count). The molecule has 0 saturated carbocycles. The molecule has 27 heavy (non-hydrogen) atoms. The Morgan fingerprint density at radius 2 is 1.93 bits per heavy atom. The van der Waals surface area contributed by atoms with E-state index in [-0.39, 0.29) is 5.92 Å². The molecule has 4 heteroatoms. The van der Waals surface area contributed by atoms with E-state index >= 15 is 0 Å². The smallest absolute Gasteiger partial charge is 0.146 e. The first-order valence-electron chi connectivity index (χ1n) is 8.80. The van der Waals surface area contributed by atoms with Crippen molar-refractivity contribution >= 4 is 5.69 Å². The van der Waals surface area contributed by atoms with E-state index in [0.717, 1.165) is 11.4 Å². The first kappa shape index (κ1) is 20.2. The number of anilines is 1. The van der Waals surface area contributed by atoms with Crippen molar-refractivity contribution in [1.82, 2.24) is 4.98 Å². The van der Waals surface area contributed by atoms with E-state index in [1.54, 1.807) is 24.4 Å². The predicted molar refractivity (Wildman–Crippen MR) is 112 cm³/mol. The van der Waals surface area contributed by atoms with Crippen molar-refractivity contribution in [3.63, 3.8) is 0 Å². The van der Waals surface area contributed by atoms with E-state index in [4.69, 9.17) is 4.74 Å². The highest BCUT2D eigenvalue weighted by Gasteiger charge is 2.09. The Balaban J connectivity index is 2.07.